The molecule has 21 heavy (non-hydrogen) atoms. The van der Waals surface area contributed by atoms with Gasteiger partial charge in [0.05, 0.1) is 4.90 Å². The molecule has 0 atom stereocenters. The molecule has 0 saturated heterocycles. The molecule has 2 rings (SSSR count). The number of hydrogen-bond donors (Lipinski definition) is 1. The van der Waals surface area contributed by atoms with Crippen LogP contribution in [0.15, 0.2) is 46.2 Å². The van der Waals surface area contributed by atoms with Crippen LogP contribution < -0.4 is 10.3 Å². The topological polar surface area (TPSA) is 68.2 Å². The molecule has 0 spiro atoms. The molecule has 1 N–H and O–H groups in total. The molecule has 1 heterocycles. The van der Waals surface area contributed by atoms with Gasteiger partial charge in [-0.3, -0.25) is 4.79 Å². The first-order valence-corrected chi connectivity index (χ1v) is 7.70. The van der Waals surface area contributed by atoms with Crippen molar-refractivity contribution in [2.45, 2.75) is 18.4 Å². The number of sulfonamides is 1. The van der Waals surface area contributed by atoms with E-state index in [4.69, 9.17) is 0 Å². The highest BCUT2D eigenvalue weighted by atomic mass is 32.2. The number of hydrogen-bond acceptors (Lipinski definition) is 3. The first-order valence-electron chi connectivity index (χ1n) is 6.21. The summed E-state index contributed by atoms with van der Waals surface area (Å²) >= 11 is 0. The fourth-order valence-electron chi connectivity index (χ4n) is 1.95. The molecular formula is C14H15FN2O3S. The zero-order valence-corrected chi connectivity index (χ0v) is 12.4. The Morgan fingerprint density at radius 1 is 1.29 bits per heavy atom. The summed E-state index contributed by atoms with van der Waals surface area (Å²) in [5, 5.41) is 0. The van der Waals surface area contributed by atoms with Crippen LogP contribution in [-0.4, -0.2) is 13.0 Å². The lowest BCUT2D eigenvalue weighted by Crippen LogP contribution is -2.29. The second kappa shape index (κ2) is 5.79. The van der Waals surface area contributed by atoms with Crippen molar-refractivity contribution in [3.8, 4) is 0 Å². The van der Waals surface area contributed by atoms with Gasteiger partial charge in [-0.15, -0.1) is 0 Å². The van der Waals surface area contributed by atoms with Crippen LogP contribution in [0.1, 0.15) is 11.1 Å². The largest absolute Gasteiger partial charge is 0.318 e. The average molecular weight is 310 g/mol. The van der Waals surface area contributed by atoms with E-state index in [1.807, 2.05) is 0 Å². The summed E-state index contributed by atoms with van der Waals surface area (Å²) in [4.78, 5) is 11.8. The van der Waals surface area contributed by atoms with E-state index in [9.17, 15) is 17.6 Å². The van der Waals surface area contributed by atoms with E-state index in [2.05, 4.69) is 4.72 Å². The summed E-state index contributed by atoms with van der Waals surface area (Å²) in [6.07, 6.45) is 1.59. The average Bonchev–Trinajstić information content (AvgIpc) is 2.40. The Hall–Kier alpha value is -1.99. The summed E-state index contributed by atoms with van der Waals surface area (Å²) in [5.41, 5.74) is 0.378. The van der Waals surface area contributed by atoms with Gasteiger partial charge in [0.25, 0.3) is 5.56 Å². The van der Waals surface area contributed by atoms with Gasteiger partial charge in [-0.05, 0) is 36.8 Å². The third-order valence-corrected chi connectivity index (χ3v) is 4.64. The molecule has 0 aliphatic heterocycles. The Labute approximate surface area is 122 Å². The lowest BCUT2D eigenvalue weighted by atomic mass is 10.2. The van der Waals surface area contributed by atoms with Crippen LogP contribution in [0.25, 0.3) is 0 Å². The van der Waals surface area contributed by atoms with Crippen LogP contribution >= 0.6 is 0 Å². The Bertz CT molecular complexity index is 828. The number of nitrogens with one attached hydrogen (secondary N) is 1. The van der Waals surface area contributed by atoms with Gasteiger partial charge in [-0.1, -0.05) is 6.07 Å². The molecule has 0 unspecified atom stereocenters. The molecule has 0 bridgehead atoms. The van der Waals surface area contributed by atoms with E-state index < -0.39 is 15.8 Å². The van der Waals surface area contributed by atoms with Gasteiger partial charge >= 0.3 is 0 Å². The number of pyridine rings is 1. The van der Waals surface area contributed by atoms with Gasteiger partial charge < -0.3 is 4.57 Å². The van der Waals surface area contributed by atoms with Crippen LogP contribution in [0.4, 0.5) is 4.39 Å². The van der Waals surface area contributed by atoms with Crippen LogP contribution in [0.5, 0.6) is 0 Å². The van der Waals surface area contributed by atoms with E-state index in [1.165, 1.54) is 17.6 Å². The normalized spacial score (nSPS) is 11.6. The number of halogens is 1. The second-order valence-corrected chi connectivity index (χ2v) is 6.42. The molecule has 0 amide bonds. The smallest absolute Gasteiger partial charge is 0.254 e. The third-order valence-electron chi connectivity index (χ3n) is 3.08. The van der Waals surface area contributed by atoms with Gasteiger partial charge in [0.15, 0.2) is 0 Å². The lowest BCUT2D eigenvalue weighted by molar-refractivity contribution is 0.579. The van der Waals surface area contributed by atoms with E-state index >= 15 is 0 Å². The van der Waals surface area contributed by atoms with Crippen molar-refractivity contribution in [2.75, 3.05) is 0 Å². The maximum atomic E-state index is 13.0. The molecule has 1 aromatic heterocycles. The minimum absolute atomic E-state index is 0.00310. The summed E-state index contributed by atoms with van der Waals surface area (Å²) in [6, 6.07) is 6.66. The fourth-order valence-corrected chi connectivity index (χ4v) is 3.18. The number of aryl methyl sites for hydroxylation is 2. The summed E-state index contributed by atoms with van der Waals surface area (Å²) in [7, 11) is -2.21. The van der Waals surface area contributed by atoms with Crippen molar-refractivity contribution >= 4 is 10.0 Å². The predicted molar refractivity (Wildman–Crippen MR) is 76.8 cm³/mol. The van der Waals surface area contributed by atoms with E-state index in [1.54, 1.807) is 25.4 Å². The molecule has 7 heteroatoms. The monoisotopic (exact) mass is 310 g/mol. The van der Waals surface area contributed by atoms with Crippen LogP contribution in [0.3, 0.4) is 0 Å². The standard InChI is InChI=1S/C14H15FN2O3S/c1-10-8-12(15)5-6-13(10)21(19,20)16-9-11-4-3-7-17(2)14(11)18/h3-8,16H,9H2,1-2H3. The zero-order chi connectivity index (χ0) is 15.6. The van der Waals surface area contributed by atoms with Crippen molar-refractivity contribution in [3.05, 3.63) is 63.8 Å². The number of benzene rings is 1. The fraction of sp³-hybridized carbons (Fsp3) is 0.214. The first kappa shape index (κ1) is 15.4. The minimum atomic E-state index is -3.80. The number of nitrogens with zero attached hydrogens (tertiary/aromatic N) is 1. The molecule has 0 fully saturated rings. The van der Waals surface area contributed by atoms with Crippen molar-refractivity contribution in [2.24, 2.45) is 7.05 Å². The quantitative estimate of drug-likeness (QED) is 0.926. The number of rotatable bonds is 4. The molecule has 112 valence electrons. The van der Waals surface area contributed by atoms with Crippen molar-refractivity contribution in [3.63, 3.8) is 0 Å². The van der Waals surface area contributed by atoms with Gasteiger partial charge in [-0.25, -0.2) is 17.5 Å². The Morgan fingerprint density at radius 3 is 2.67 bits per heavy atom. The lowest BCUT2D eigenvalue weighted by Gasteiger charge is -2.09. The highest BCUT2D eigenvalue weighted by Gasteiger charge is 2.17. The van der Waals surface area contributed by atoms with Gasteiger partial charge in [0.2, 0.25) is 10.0 Å². The van der Waals surface area contributed by atoms with E-state index in [0.29, 0.717) is 11.1 Å². The molecule has 0 aliphatic carbocycles. The minimum Gasteiger partial charge on any atom is -0.318 e. The molecule has 0 radical (unpaired) electrons. The van der Waals surface area contributed by atoms with Crippen molar-refractivity contribution < 1.29 is 12.8 Å². The summed E-state index contributed by atoms with van der Waals surface area (Å²) < 4.78 is 41.1. The zero-order valence-electron chi connectivity index (χ0n) is 11.6. The maximum Gasteiger partial charge on any atom is 0.254 e. The SMILES string of the molecule is Cc1cc(F)ccc1S(=O)(=O)NCc1cccn(C)c1=O. The molecule has 5 nitrogen and oxygen atoms in total. The molecule has 1 aromatic carbocycles. The third kappa shape index (κ3) is 3.37. The first-order chi connectivity index (χ1) is 9.81. The highest BCUT2D eigenvalue weighted by Crippen LogP contribution is 2.16. The van der Waals surface area contributed by atoms with Crippen LogP contribution in [-0.2, 0) is 23.6 Å². The van der Waals surface area contributed by atoms with Crippen molar-refractivity contribution in [1.29, 1.82) is 0 Å². The maximum absolute atomic E-state index is 13.0. The Balaban J connectivity index is 2.26. The van der Waals surface area contributed by atoms with Crippen molar-refractivity contribution in [1.82, 2.24) is 9.29 Å². The van der Waals surface area contributed by atoms with E-state index in [0.717, 1.165) is 12.1 Å². The summed E-state index contributed by atoms with van der Waals surface area (Å²) in [6.45, 7) is 1.39. The number of aromatic nitrogens is 1. The van der Waals surface area contributed by atoms with Crippen LogP contribution in [0, 0.1) is 12.7 Å². The van der Waals surface area contributed by atoms with Crippen LogP contribution in [0.2, 0.25) is 0 Å². The van der Waals surface area contributed by atoms with E-state index in [-0.39, 0.29) is 17.0 Å². The Morgan fingerprint density at radius 2 is 2.00 bits per heavy atom. The highest BCUT2D eigenvalue weighted by molar-refractivity contribution is 7.89. The Kier molecular flexibility index (Phi) is 4.24. The molecule has 0 saturated carbocycles. The second-order valence-electron chi connectivity index (χ2n) is 4.68. The predicted octanol–water partition coefficient (Wildman–Crippen LogP) is 1.31. The van der Waals surface area contributed by atoms with Gasteiger partial charge in [-0.2, -0.15) is 0 Å². The van der Waals surface area contributed by atoms with Gasteiger partial charge in [0.1, 0.15) is 5.82 Å². The molecule has 0 aliphatic rings. The van der Waals surface area contributed by atoms with Gasteiger partial charge in [0, 0.05) is 25.4 Å². The molecule has 2 aromatic rings. The summed E-state index contributed by atoms with van der Waals surface area (Å²) in [5.74, 6) is -0.497. The molecular weight excluding hydrogens is 295 g/mol.